The first-order valence-electron chi connectivity index (χ1n) is 21.1. The van der Waals surface area contributed by atoms with Crippen molar-refractivity contribution in [1.82, 2.24) is 37.2 Å². The molecule has 63 heavy (non-hydrogen) atoms. The first-order valence-corrected chi connectivity index (χ1v) is 25.0. The van der Waals surface area contributed by atoms with E-state index in [0.717, 1.165) is 49.6 Å². The van der Waals surface area contributed by atoms with Gasteiger partial charge in [0.2, 0.25) is 17.7 Å². The number of carboxylic acids is 2. The Morgan fingerprint density at radius 2 is 1.33 bits per heavy atom. The number of carbonyl (C=O) groups is 9. The molecule has 2 aliphatic rings. The number of nitrogens with one attached hydrogen (secondary N) is 8. The van der Waals surface area contributed by atoms with Gasteiger partial charge in [0, 0.05) is 49.8 Å². The van der Waals surface area contributed by atoms with Gasteiger partial charge in [0.15, 0.2) is 0 Å². The molecule has 1 aromatic carbocycles. The van der Waals surface area contributed by atoms with Crippen LogP contribution >= 0.6 is 23.5 Å². The zero-order chi connectivity index (χ0) is 46.0. The quantitative estimate of drug-likeness (QED) is 0.0261. The van der Waals surface area contributed by atoms with Crippen molar-refractivity contribution in [2.45, 2.75) is 119 Å². The Balaban J connectivity index is 1.21. The molecule has 2 saturated heterocycles. The summed E-state index contributed by atoms with van der Waals surface area (Å²) in [6.07, 6.45) is 6.79. The first kappa shape index (κ1) is 52.7. The zero-order valence-corrected chi connectivity index (χ0v) is 38.6. The fourth-order valence-electron chi connectivity index (χ4n) is 6.69. The third-order valence-corrected chi connectivity index (χ3v) is 13.6. The number of fused-ring (bicyclic) bond motifs is 1. The van der Waals surface area contributed by atoms with E-state index < -0.39 is 69.9 Å². The van der Waals surface area contributed by atoms with Gasteiger partial charge in [-0.1, -0.05) is 19.3 Å². The van der Waals surface area contributed by atoms with Crippen LogP contribution in [0, 0.1) is 0 Å². The van der Waals surface area contributed by atoms with Crippen molar-refractivity contribution >= 4 is 103 Å². The van der Waals surface area contributed by atoms with Crippen LogP contribution in [0.25, 0.3) is 0 Å². The Kier molecular flexibility index (Phi) is 24.8. The van der Waals surface area contributed by atoms with Gasteiger partial charge in [0.05, 0.1) is 12.1 Å². The van der Waals surface area contributed by atoms with Crippen LogP contribution in [0.1, 0.15) is 89.9 Å². The van der Waals surface area contributed by atoms with Crippen LogP contribution in [0.2, 0.25) is 0 Å². The van der Waals surface area contributed by atoms with Gasteiger partial charge in [-0.05, 0) is 44.9 Å². The minimum atomic E-state index is -1.39. The topological polar surface area (TPSA) is 307 Å². The van der Waals surface area contributed by atoms with Crippen molar-refractivity contribution in [3.63, 3.8) is 0 Å². The molecule has 0 bridgehead atoms. The summed E-state index contributed by atoms with van der Waals surface area (Å²) < 4.78 is 11.7. The van der Waals surface area contributed by atoms with E-state index in [1.165, 1.54) is 0 Å². The number of unbranched alkanes of at least 4 members (excludes halogenated alkanes) is 5. The van der Waals surface area contributed by atoms with Gasteiger partial charge in [0.1, 0.15) is 12.6 Å². The van der Waals surface area contributed by atoms with Crippen LogP contribution in [0.15, 0.2) is 24.3 Å². The summed E-state index contributed by atoms with van der Waals surface area (Å²) in [4.78, 5) is 109. The Hall–Kier alpha value is -4.69. The first-order chi connectivity index (χ1) is 30.2. The molecule has 4 unspecified atom stereocenters. The van der Waals surface area contributed by atoms with Gasteiger partial charge < -0.3 is 36.8 Å². The molecule has 2 fully saturated rings. The molecule has 0 saturated carbocycles. The van der Waals surface area contributed by atoms with Crippen LogP contribution in [0.5, 0.6) is 0 Å². The maximum atomic E-state index is 12.8. The summed E-state index contributed by atoms with van der Waals surface area (Å²) >= 11 is 1.66. The van der Waals surface area contributed by atoms with Crippen molar-refractivity contribution in [2.75, 3.05) is 42.2 Å². The molecule has 1 aromatic rings. The molecule has 10 N–H and O–H groups in total. The van der Waals surface area contributed by atoms with E-state index in [1.807, 2.05) is 11.8 Å². The number of urea groups is 1. The predicted molar refractivity (Wildman–Crippen MR) is 237 cm³/mol. The number of thioether (sulfide) groups is 2. The summed E-state index contributed by atoms with van der Waals surface area (Å²) in [6.45, 7) is 0.273. The molecule has 0 spiro atoms. The molecule has 348 valence electrons. The van der Waals surface area contributed by atoms with Crippen LogP contribution in [0.3, 0.4) is 0 Å². The minimum absolute atomic E-state index is 0.0198. The average molecular weight is 983 g/mol. The molecule has 3 rings (SSSR count). The Bertz CT molecular complexity index is 1740. The molecule has 2 aliphatic heterocycles. The van der Waals surface area contributed by atoms with Gasteiger partial charge in [-0.2, -0.15) is 11.8 Å². The number of rotatable bonds is 32. The second-order valence-electron chi connectivity index (χ2n) is 15.1. The van der Waals surface area contributed by atoms with Gasteiger partial charge >= 0.3 is 144 Å². The van der Waals surface area contributed by atoms with Gasteiger partial charge in [-0.15, -0.1) is 0 Å². The van der Waals surface area contributed by atoms with Gasteiger partial charge in [-0.3, -0.25) is 24.0 Å². The molecular formula is C40H59AsN8O12S2. The third-order valence-electron chi connectivity index (χ3n) is 10.0. The Labute approximate surface area is 381 Å². The summed E-state index contributed by atoms with van der Waals surface area (Å²) in [5.41, 5.74) is 0.473. The van der Waals surface area contributed by atoms with Crippen molar-refractivity contribution < 1.29 is 57.1 Å². The second kappa shape index (κ2) is 29.6. The second-order valence-corrected chi connectivity index (χ2v) is 18.9. The van der Waals surface area contributed by atoms with Gasteiger partial charge in [0.25, 0.3) is 0 Å². The molecule has 8 amide bonds. The number of anilines is 1. The molecule has 0 aromatic heterocycles. The summed E-state index contributed by atoms with van der Waals surface area (Å²) in [6, 6.07) is 4.07. The predicted octanol–water partition coefficient (Wildman–Crippen LogP) is 0.148. The van der Waals surface area contributed by atoms with Gasteiger partial charge in [-0.25, -0.2) is 9.59 Å². The third kappa shape index (κ3) is 22.0. The van der Waals surface area contributed by atoms with E-state index in [0.29, 0.717) is 66.9 Å². The van der Waals surface area contributed by atoms with E-state index >= 15 is 0 Å². The standard InChI is InChI=1S/C40H59AsN8O12S2/c50-31(10-3-1-7-19-43-32(51)11-6-5-9-30-37-28(23-63-30)48-40(60)49-37)42-20-8-2-4-12-33(52)46-27(39(58)59)17-18-34(53)47-29(38(57)44-21-36(55)56)22-62-24-35(54)45-26-15-13-25(41-61)14-16-26/h13-16,27-30,37H,1-12,17-24H2,(H,42,50)(H,43,51)(H,44,57)(H,45,54)(H,46,52)(H,47,53)(H,55,56)(H,58,59)(H2,48,49,60)/t27-,28?,29?,30?,37?/m1/s1. The van der Waals surface area contributed by atoms with E-state index in [1.54, 1.807) is 24.3 Å². The van der Waals surface area contributed by atoms with Crippen molar-refractivity contribution in [2.24, 2.45) is 0 Å². The van der Waals surface area contributed by atoms with Crippen LogP contribution < -0.4 is 46.9 Å². The normalized spacial score (nSPS) is 17.3. The molecular weight excluding hydrogens is 924 g/mol. The number of amides is 8. The zero-order valence-electron chi connectivity index (χ0n) is 35.1. The van der Waals surface area contributed by atoms with Crippen molar-refractivity contribution in [3.05, 3.63) is 24.3 Å². The molecule has 2 heterocycles. The fourth-order valence-corrected chi connectivity index (χ4v) is 9.65. The molecule has 20 nitrogen and oxygen atoms in total. The summed E-state index contributed by atoms with van der Waals surface area (Å²) in [5, 5.41) is 40.4. The van der Waals surface area contributed by atoms with E-state index in [9.17, 15) is 52.0 Å². The SMILES string of the molecule is O=[As]c1ccc(NC(=O)CSCC(NC(=O)CC[C@@H](NC(=O)CCCCCNC(=O)CCCCCNC(=O)CCCCC2SCC3NC(=O)NC32)C(=O)O)C(=O)NCC(=O)O)cc1. The van der Waals surface area contributed by atoms with E-state index in [-0.39, 0.29) is 60.7 Å². The average Bonchev–Trinajstić information content (AvgIpc) is 3.81. The molecule has 5 atom stereocenters. The number of hydrogen-bond acceptors (Lipinski definition) is 12. The monoisotopic (exact) mass is 982 g/mol. The van der Waals surface area contributed by atoms with Crippen LogP contribution in [-0.2, 0) is 42.1 Å². The number of carbonyl (C=O) groups excluding carboxylic acids is 7. The maximum absolute atomic E-state index is 12.8. The van der Waals surface area contributed by atoms with Crippen molar-refractivity contribution in [3.8, 4) is 0 Å². The van der Waals surface area contributed by atoms with E-state index in [2.05, 4.69) is 42.5 Å². The van der Waals surface area contributed by atoms with Crippen molar-refractivity contribution in [1.29, 1.82) is 0 Å². The summed E-state index contributed by atoms with van der Waals surface area (Å²) in [7, 11) is 0. The number of aliphatic carboxylic acids is 2. The van der Waals surface area contributed by atoms with Crippen LogP contribution in [-0.4, -0.2) is 146 Å². The molecule has 0 radical (unpaired) electrons. The number of benzene rings is 1. The van der Waals surface area contributed by atoms with E-state index in [4.69, 9.17) is 5.11 Å². The van der Waals surface area contributed by atoms with Crippen LogP contribution in [0.4, 0.5) is 10.5 Å². The summed E-state index contributed by atoms with van der Waals surface area (Å²) in [5.74, 6) is -4.52. The molecule has 0 aliphatic carbocycles. The number of hydrogen-bond donors (Lipinski definition) is 10. The number of carboxylic acid groups (broad SMARTS) is 2. The Morgan fingerprint density at radius 1 is 0.730 bits per heavy atom. The Morgan fingerprint density at radius 3 is 1.95 bits per heavy atom. The molecule has 23 heteroatoms. The fraction of sp³-hybridized carbons (Fsp3) is 0.625.